The highest BCUT2D eigenvalue weighted by Crippen LogP contribution is 2.26. The zero-order chi connectivity index (χ0) is 14.5. The maximum absolute atomic E-state index is 11.7. The molecule has 1 amide bonds. The lowest BCUT2D eigenvalue weighted by molar-refractivity contribution is 0.0955. The number of halogens is 1. The van der Waals surface area contributed by atoms with Gasteiger partial charge < -0.3 is 10.2 Å². The molecule has 2 aromatic carbocycles. The van der Waals surface area contributed by atoms with Gasteiger partial charge in [0.05, 0.1) is 6.21 Å². The number of hydrazone groups is 1. The number of amides is 1. The van der Waals surface area contributed by atoms with Crippen LogP contribution < -0.4 is 5.43 Å². The summed E-state index contributed by atoms with van der Waals surface area (Å²) in [7, 11) is 0. The predicted octanol–water partition coefficient (Wildman–Crippen LogP) is 2.52. The Labute approximate surface area is 120 Å². The van der Waals surface area contributed by atoms with Crippen LogP contribution >= 0.6 is 11.6 Å². The normalized spacial score (nSPS) is 10.7. The van der Waals surface area contributed by atoms with E-state index in [4.69, 9.17) is 11.6 Å². The van der Waals surface area contributed by atoms with Gasteiger partial charge in [0.2, 0.25) is 0 Å². The quantitative estimate of drug-likeness (QED) is 0.461. The van der Waals surface area contributed by atoms with Crippen LogP contribution in [0.25, 0.3) is 0 Å². The van der Waals surface area contributed by atoms with Gasteiger partial charge in [0.1, 0.15) is 0 Å². The number of phenols is 2. The van der Waals surface area contributed by atoms with Crippen molar-refractivity contribution in [2.24, 2.45) is 5.10 Å². The number of rotatable bonds is 3. The van der Waals surface area contributed by atoms with Gasteiger partial charge >= 0.3 is 0 Å². The summed E-state index contributed by atoms with van der Waals surface area (Å²) in [6, 6.07) is 10.8. The van der Waals surface area contributed by atoms with E-state index < -0.39 is 5.91 Å². The molecule has 0 aliphatic carbocycles. The highest BCUT2D eigenvalue weighted by atomic mass is 35.5. The smallest absolute Gasteiger partial charge is 0.271 e. The van der Waals surface area contributed by atoms with Crippen LogP contribution in [0.15, 0.2) is 47.6 Å². The molecule has 0 spiro atoms. The van der Waals surface area contributed by atoms with Crippen molar-refractivity contribution in [3.63, 3.8) is 0 Å². The summed E-state index contributed by atoms with van der Waals surface area (Å²) >= 11 is 5.72. The second-order valence-electron chi connectivity index (χ2n) is 3.92. The lowest BCUT2D eigenvalue weighted by Crippen LogP contribution is -2.17. The van der Waals surface area contributed by atoms with Crippen molar-refractivity contribution in [1.29, 1.82) is 0 Å². The van der Waals surface area contributed by atoms with Crippen molar-refractivity contribution in [2.75, 3.05) is 0 Å². The molecule has 0 aliphatic heterocycles. The van der Waals surface area contributed by atoms with Crippen LogP contribution in [0.2, 0.25) is 5.02 Å². The first-order valence-corrected chi connectivity index (χ1v) is 6.05. The molecule has 20 heavy (non-hydrogen) atoms. The van der Waals surface area contributed by atoms with Crippen LogP contribution in [-0.2, 0) is 0 Å². The Kier molecular flexibility index (Phi) is 4.22. The van der Waals surface area contributed by atoms with Gasteiger partial charge in [-0.15, -0.1) is 0 Å². The molecular weight excluding hydrogens is 280 g/mol. The van der Waals surface area contributed by atoms with Crippen LogP contribution in [0.3, 0.4) is 0 Å². The monoisotopic (exact) mass is 290 g/mol. The largest absolute Gasteiger partial charge is 0.504 e. The summed E-state index contributed by atoms with van der Waals surface area (Å²) in [6.07, 6.45) is 1.24. The van der Waals surface area contributed by atoms with E-state index in [2.05, 4.69) is 10.5 Å². The lowest BCUT2D eigenvalue weighted by Gasteiger charge is -2.01. The number of nitrogens with zero attached hydrogens (tertiary/aromatic N) is 1. The zero-order valence-corrected chi connectivity index (χ0v) is 11.0. The van der Waals surface area contributed by atoms with Crippen LogP contribution in [0.1, 0.15) is 15.9 Å². The molecule has 0 aliphatic rings. The fourth-order valence-corrected chi connectivity index (χ4v) is 1.61. The predicted molar refractivity (Wildman–Crippen MR) is 76.3 cm³/mol. The molecule has 0 aromatic heterocycles. The van der Waals surface area contributed by atoms with E-state index in [0.717, 1.165) is 0 Å². The van der Waals surface area contributed by atoms with Gasteiger partial charge in [0.15, 0.2) is 11.5 Å². The molecule has 2 aromatic rings. The third-order valence-corrected chi connectivity index (χ3v) is 2.77. The van der Waals surface area contributed by atoms with Crippen molar-refractivity contribution >= 4 is 23.7 Å². The Balaban J connectivity index is 2.04. The molecule has 5 nitrogen and oxygen atoms in total. The Morgan fingerprint density at radius 2 is 1.85 bits per heavy atom. The van der Waals surface area contributed by atoms with Gasteiger partial charge in [-0.3, -0.25) is 4.79 Å². The van der Waals surface area contributed by atoms with Gasteiger partial charge in [-0.05, 0) is 36.4 Å². The number of phenolic OH excluding ortho intramolecular Hbond substituents is 2. The van der Waals surface area contributed by atoms with Crippen molar-refractivity contribution in [2.45, 2.75) is 0 Å². The first-order chi connectivity index (χ1) is 9.58. The number of carbonyl (C=O) groups is 1. The summed E-state index contributed by atoms with van der Waals surface area (Å²) in [5.74, 6) is -0.951. The Morgan fingerprint density at radius 3 is 2.55 bits per heavy atom. The average Bonchev–Trinajstić information content (AvgIpc) is 2.44. The summed E-state index contributed by atoms with van der Waals surface area (Å²) < 4.78 is 0. The van der Waals surface area contributed by atoms with Crippen molar-refractivity contribution in [3.05, 3.63) is 58.6 Å². The molecule has 102 valence electrons. The summed E-state index contributed by atoms with van der Waals surface area (Å²) in [6.45, 7) is 0. The second kappa shape index (κ2) is 6.08. The molecule has 0 heterocycles. The number of carbonyl (C=O) groups excluding carboxylic acids is 1. The Morgan fingerprint density at radius 1 is 1.15 bits per heavy atom. The summed E-state index contributed by atoms with van der Waals surface area (Å²) in [5.41, 5.74) is 3.01. The van der Waals surface area contributed by atoms with Crippen LogP contribution in [0.4, 0.5) is 0 Å². The fraction of sp³-hybridized carbons (Fsp3) is 0. The number of para-hydroxylation sites is 1. The Hall–Kier alpha value is -2.53. The van der Waals surface area contributed by atoms with Crippen LogP contribution in [-0.4, -0.2) is 22.3 Å². The van der Waals surface area contributed by atoms with Gasteiger partial charge in [0, 0.05) is 16.1 Å². The molecule has 0 radical (unpaired) electrons. The van der Waals surface area contributed by atoms with Crippen LogP contribution in [0, 0.1) is 0 Å². The van der Waals surface area contributed by atoms with E-state index in [9.17, 15) is 15.0 Å². The van der Waals surface area contributed by atoms with E-state index in [1.165, 1.54) is 12.3 Å². The first kappa shape index (κ1) is 13.9. The standard InChI is InChI=1S/C14H11ClN2O3/c15-11-6-4-9(5-7-11)14(20)17-16-8-10-2-1-3-12(18)13(10)19/h1-8,18-19H,(H,17,20)/b16-8-. The van der Waals surface area contributed by atoms with Crippen molar-refractivity contribution in [3.8, 4) is 11.5 Å². The molecule has 0 atom stereocenters. The molecule has 6 heteroatoms. The maximum atomic E-state index is 11.7. The minimum atomic E-state index is -0.405. The molecule has 0 unspecified atom stereocenters. The van der Waals surface area contributed by atoms with E-state index in [0.29, 0.717) is 16.1 Å². The van der Waals surface area contributed by atoms with E-state index in [-0.39, 0.29) is 11.5 Å². The number of nitrogens with one attached hydrogen (secondary N) is 1. The highest BCUT2D eigenvalue weighted by molar-refractivity contribution is 6.30. The summed E-state index contributed by atoms with van der Waals surface area (Å²) in [4.78, 5) is 11.7. The van der Waals surface area contributed by atoms with Crippen molar-refractivity contribution in [1.82, 2.24) is 5.43 Å². The molecular formula is C14H11ClN2O3. The van der Waals surface area contributed by atoms with Gasteiger partial charge in [-0.2, -0.15) is 5.10 Å². The Bertz CT molecular complexity index is 654. The van der Waals surface area contributed by atoms with Crippen LogP contribution in [0.5, 0.6) is 11.5 Å². The number of aromatic hydroxyl groups is 2. The minimum absolute atomic E-state index is 0.252. The SMILES string of the molecule is O=C(N/N=C\c1cccc(O)c1O)c1ccc(Cl)cc1. The van der Waals surface area contributed by atoms with Gasteiger partial charge in [-0.25, -0.2) is 5.43 Å². The van der Waals surface area contributed by atoms with Gasteiger partial charge in [0.25, 0.3) is 5.91 Å². The van der Waals surface area contributed by atoms with Gasteiger partial charge in [-0.1, -0.05) is 17.7 Å². The number of hydrogen-bond donors (Lipinski definition) is 3. The molecule has 0 bridgehead atoms. The molecule has 2 rings (SSSR count). The third kappa shape index (κ3) is 3.27. The summed E-state index contributed by atoms with van der Waals surface area (Å²) in [5, 5.41) is 23.1. The fourth-order valence-electron chi connectivity index (χ4n) is 1.48. The van der Waals surface area contributed by atoms with Crippen molar-refractivity contribution < 1.29 is 15.0 Å². The highest BCUT2D eigenvalue weighted by Gasteiger charge is 2.05. The first-order valence-electron chi connectivity index (χ1n) is 5.68. The van der Waals surface area contributed by atoms with E-state index in [1.54, 1.807) is 36.4 Å². The third-order valence-electron chi connectivity index (χ3n) is 2.52. The minimum Gasteiger partial charge on any atom is -0.504 e. The number of benzene rings is 2. The van der Waals surface area contributed by atoms with E-state index >= 15 is 0 Å². The average molecular weight is 291 g/mol. The molecule has 0 fully saturated rings. The topological polar surface area (TPSA) is 81.9 Å². The molecule has 0 saturated heterocycles. The van der Waals surface area contributed by atoms with E-state index in [1.807, 2.05) is 0 Å². The lowest BCUT2D eigenvalue weighted by atomic mass is 10.2. The molecule has 3 N–H and O–H groups in total. The number of hydrogen-bond acceptors (Lipinski definition) is 4. The maximum Gasteiger partial charge on any atom is 0.271 e. The zero-order valence-electron chi connectivity index (χ0n) is 10.2. The second-order valence-corrected chi connectivity index (χ2v) is 4.36. The molecule has 0 saturated carbocycles.